The molecule has 1 aliphatic carbocycles. The van der Waals surface area contributed by atoms with E-state index in [2.05, 4.69) is 0 Å². The predicted octanol–water partition coefficient (Wildman–Crippen LogP) is 0.979. The lowest BCUT2D eigenvalue weighted by Crippen LogP contribution is -2.53. The van der Waals surface area contributed by atoms with Gasteiger partial charge in [-0.05, 0) is 159 Å². The molecule has 44 heteroatoms. The largest absolute Gasteiger partial charge is 0.491 e. The summed E-state index contributed by atoms with van der Waals surface area (Å²) in [6.07, 6.45) is -1.24. The number of rotatable bonds is 44. The number of aliphatic hydroxyl groups excluding tert-OH is 13. The lowest BCUT2D eigenvalue weighted by Gasteiger charge is -2.36. The van der Waals surface area contributed by atoms with Crippen molar-refractivity contribution in [2.24, 2.45) is 11.8 Å². The summed E-state index contributed by atoms with van der Waals surface area (Å²) in [5.74, 6) is 0.700. The molecular formula is C54H142O32Si12. The second-order valence-corrected chi connectivity index (χ2v) is 68.4. The van der Waals surface area contributed by atoms with Gasteiger partial charge in [0.15, 0.2) is 0 Å². The van der Waals surface area contributed by atoms with Gasteiger partial charge >= 0.3 is 103 Å². The van der Waals surface area contributed by atoms with Gasteiger partial charge in [0.1, 0.15) is 0 Å². The quantitative estimate of drug-likeness (QED) is 0.0378. The molecule has 98 heavy (non-hydrogen) atoms. The second kappa shape index (κ2) is 51.6. The van der Waals surface area contributed by atoms with E-state index in [4.69, 9.17) is 87.0 Å². The maximum Gasteiger partial charge on any atom is 0.491 e. The fourth-order valence-electron chi connectivity index (χ4n) is 10.2. The van der Waals surface area contributed by atoms with Crippen LogP contribution in [0.25, 0.3) is 0 Å². The molecule has 0 spiro atoms. The standard InChI is InChI=1S/C14H32O6Si2.C10H26O5Si2.C9H24O5Si2.C8H22O5Si2.C7H20O5Si2.C6H18O6Si2/c1-19-22(9-4-8-15,20-21(2,3)18)10-7-12-5-6-13(16)14(17)11-12;1-9(2)7-17(14-3,8-10(12)6-11)15-16(4,5)13;1-5-6-16(13-2,8-9(11)7-10)14-15(3,4)12;1-5-15(12-2,7-8(10)6-9)13-14(3,4)11;1-11-14(4,6-7(9)5-8)12-13(2,3)10;1-11-14(10,5-6(8)4-7)12-13(2,3)9/h12-18H,4-11H2,1-3H3;9-13H,6-8H2,1-5H3;9-12H,5-8H2,1-4H3;8-11H,5-7H2,1-4H3;7-10H,5-6H2,1-4H3;6-10H,4-5H2,1-3H3. The first-order valence-electron chi connectivity index (χ1n) is 33.4. The molecular weight excluding hydrogens is 1500 g/mol. The van der Waals surface area contributed by atoms with E-state index in [-0.39, 0.29) is 57.2 Å². The Balaban J connectivity index is -0.000000356. The minimum atomic E-state index is -3.54. The Morgan fingerprint density at radius 3 is 1.03 bits per heavy atom. The summed E-state index contributed by atoms with van der Waals surface area (Å²) < 4.78 is 65.7. The van der Waals surface area contributed by atoms with Crippen molar-refractivity contribution < 1.29 is 151 Å². The highest BCUT2D eigenvalue weighted by Crippen LogP contribution is 2.35. The molecule has 1 aliphatic rings. The summed E-state index contributed by atoms with van der Waals surface area (Å²) in [5, 5.41) is 119. The molecule has 0 saturated heterocycles. The molecule has 598 valence electrons. The van der Waals surface area contributed by atoms with Gasteiger partial charge < -0.3 is 151 Å². The Labute approximate surface area is 599 Å². The molecule has 0 aromatic heterocycles. The molecule has 0 bridgehead atoms. The predicted molar refractivity (Wildman–Crippen MR) is 399 cm³/mol. The van der Waals surface area contributed by atoms with Crippen LogP contribution in [0.4, 0.5) is 0 Å². The van der Waals surface area contributed by atoms with Gasteiger partial charge in [0.2, 0.25) is 0 Å². The van der Waals surface area contributed by atoms with E-state index in [0.717, 1.165) is 25.3 Å². The van der Waals surface area contributed by atoms with Crippen molar-refractivity contribution in [3.63, 3.8) is 0 Å². The van der Waals surface area contributed by atoms with Gasteiger partial charge in [-0.15, -0.1) is 0 Å². The lowest BCUT2D eigenvalue weighted by molar-refractivity contribution is -0.0260. The first-order valence-corrected chi connectivity index (χ1v) is 63.9. The third-order valence-electron chi connectivity index (χ3n) is 14.1. The second-order valence-electron chi connectivity index (χ2n) is 28.1. The Morgan fingerprint density at radius 2 is 0.714 bits per heavy atom. The van der Waals surface area contributed by atoms with Gasteiger partial charge in [0.25, 0.3) is 0 Å². The summed E-state index contributed by atoms with van der Waals surface area (Å²) in [4.78, 5) is 68.4. The minimum Gasteiger partial charge on any atom is -0.415 e. The summed E-state index contributed by atoms with van der Waals surface area (Å²) in [6, 6.07) is 4.39. The molecule has 0 amide bonds. The van der Waals surface area contributed by atoms with Crippen LogP contribution in [0, 0.1) is 11.8 Å². The first kappa shape index (κ1) is 108. The van der Waals surface area contributed by atoms with Gasteiger partial charge in [-0.3, -0.25) is 0 Å². The van der Waals surface area contributed by atoms with Crippen molar-refractivity contribution in [3.05, 3.63) is 0 Å². The maximum absolute atomic E-state index is 10.1. The number of hydrogen-bond donors (Lipinski definition) is 20. The summed E-state index contributed by atoms with van der Waals surface area (Å²) in [6.45, 7) is 27.9. The van der Waals surface area contributed by atoms with Gasteiger partial charge in [-0.2, -0.15) is 0 Å². The average Bonchev–Trinajstić information content (AvgIpc) is 0.869. The molecule has 0 radical (unpaired) electrons. The van der Waals surface area contributed by atoms with Crippen LogP contribution in [0.15, 0.2) is 0 Å². The third-order valence-corrected chi connectivity index (χ3v) is 50.9. The highest BCUT2D eigenvalue weighted by molar-refractivity contribution is 6.82. The number of aliphatic hydroxyl groups is 13. The molecule has 1 saturated carbocycles. The average molecular weight is 1640 g/mol. The van der Waals surface area contributed by atoms with Gasteiger partial charge in [0, 0.05) is 79.5 Å². The lowest BCUT2D eigenvalue weighted by atomic mass is 9.84. The van der Waals surface area contributed by atoms with Crippen molar-refractivity contribution in [1.82, 2.24) is 0 Å². The zero-order chi connectivity index (χ0) is 78.2. The Kier molecular flexibility index (Phi) is 56.8. The van der Waals surface area contributed by atoms with Crippen LogP contribution in [0.2, 0.25) is 146 Å². The van der Waals surface area contributed by atoms with E-state index >= 15 is 0 Å². The van der Waals surface area contributed by atoms with Crippen molar-refractivity contribution in [2.75, 3.05) is 82.3 Å². The molecule has 0 aromatic carbocycles. The molecule has 32 nitrogen and oxygen atoms in total. The Hall–Kier alpha value is 1.32. The van der Waals surface area contributed by atoms with E-state index < -0.39 is 152 Å². The monoisotopic (exact) mass is 1640 g/mol. The zero-order valence-corrected chi connectivity index (χ0v) is 75.6. The number of hydrogen-bond acceptors (Lipinski definition) is 32. The normalized spacial score (nSPS) is 21.0. The first-order chi connectivity index (χ1) is 44.4. The van der Waals surface area contributed by atoms with Crippen LogP contribution < -0.4 is 0 Å². The summed E-state index contributed by atoms with van der Waals surface area (Å²) in [7, 11) is -23.8. The van der Waals surface area contributed by atoms with Gasteiger partial charge in [-0.1, -0.05) is 34.1 Å². The van der Waals surface area contributed by atoms with Crippen LogP contribution in [0.5, 0.6) is 0 Å². The maximum atomic E-state index is 10.1. The van der Waals surface area contributed by atoms with Crippen molar-refractivity contribution in [2.45, 2.75) is 254 Å². The molecule has 14 unspecified atom stereocenters. The topological polar surface area (TPSA) is 515 Å². The Morgan fingerprint density at radius 1 is 0.367 bits per heavy atom. The summed E-state index contributed by atoms with van der Waals surface area (Å²) >= 11 is 0. The zero-order valence-electron chi connectivity index (χ0n) is 63.6. The SMILES string of the molecule is CCC[Si](CC(O)CO)(OC)O[Si](C)(C)O.CC[Si](CC(O)CO)(OC)O[Si](C)(C)O.CO[Si](C)(CC(O)CO)O[Si](C)(C)O.CO[Si](CC(C)C)(CC(O)CO)O[Si](C)(C)O.CO[Si](CCCO)(CCC1CCC(O)C(O)C1)O[Si](C)(C)O.CO[Si](O)(CC(O)CO)O[Si](C)(C)O. The van der Waals surface area contributed by atoms with Crippen LogP contribution >= 0.6 is 0 Å². The molecule has 14 atom stereocenters. The third kappa shape index (κ3) is 56.6. The molecule has 20 N–H and O–H groups in total. The van der Waals surface area contributed by atoms with E-state index in [1.54, 1.807) is 93.3 Å². The molecule has 1 fully saturated rings. The van der Waals surface area contributed by atoms with Crippen molar-refractivity contribution in [3.8, 4) is 0 Å². The van der Waals surface area contributed by atoms with E-state index in [1.807, 2.05) is 27.7 Å². The van der Waals surface area contributed by atoms with Crippen LogP contribution in [-0.4, -0.2) is 328 Å². The minimum absolute atomic E-state index is 0.0865. The van der Waals surface area contributed by atoms with Crippen LogP contribution in [-0.2, 0) is 51.2 Å². The van der Waals surface area contributed by atoms with E-state index in [0.29, 0.717) is 61.3 Å². The fraction of sp³-hybridized carbons (Fsp3) is 1.00. The Bertz CT molecular complexity index is 1910. The van der Waals surface area contributed by atoms with Gasteiger partial charge in [-0.25, -0.2) is 0 Å². The van der Waals surface area contributed by atoms with Crippen LogP contribution in [0.3, 0.4) is 0 Å². The highest BCUT2D eigenvalue weighted by atomic mass is 28.5. The molecule has 1 rings (SSSR count). The van der Waals surface area contributed by atoms with Crippen molar-refractivity contribution >= 4 is 103 Å². The van der Waals surface area contributed by atoms with Gasteiger partial charge in [0.05, 0.1) is 75.8 Å². The van der Waals surface area contributed by atoms with E-state index in [1.165, 1.54) is 34.4 Å². The fourth-order valence-corrected chi connectivity index (χ4v) is 48.6. The van der Waals surface area contributed by atoms with Crippen LogP contribution in [0.1, 0.15) is 66.2 Å². The summed E-state index contributed by atoms with van der Waals surface area (Å²) in [5.41, 5.74) is 0. The molecule has 0 aliphatic heterocycles. The smallest absolute Gasteiger partial charge is 0.415 e. The van der Waals surface area contributed by atoms with E-state index in [9.17, 15) is 64.2 Å². The van der Waals surface area contributed by atoms with Crippen molar-refractivity contribution in [1.29, 1.82) is 0 Å². The molecule has 0 heterocycles. The molecule has 0 aromatic rings. The highest BCUT2D eigenvalue weighted by Gasteiger charge is 2.48.